The van der Waals surface area contributed by atoms with Gasteiger partial charge in [0.15, 0.2) is 0 Å². The second-order valence-corrected chi connectivity index (χ2v) is 23.9. The Kier molecular flexibility index (Phi) is 21.4. The molecule has 440 valence electrons. The van der Waals surface area contributed by atoms with Crippen LogP contribution < -0.4 is 54.4 Å². The van der Waals surface area contributed by atoms with Crippen LogP contribution in [0.3, 0.4) is 0 Å². The summed E-state index contributed by atoms with van der Waals surface area (Å²) in [6.07, 6.45) is 1.88. The van der Waals surface area contributed by atoms with Gasteiger partial charge < -0.3 is 64.5 Å². The van der Waals surface area contributed by atoms with Gasteiger partial charge in [-0.15, -0.1) is 0 Å². The summed E-state index contributed by atoms with van der Waals surface area (Å²) in [5.41, 5.74) is 21.8. The first-order chi connectivity index (χ1) is 40.4. The molecule has 0 spiro atoms. The fraction of sp³-hybridized carbons (Fsp3) is 0.323. The number of rotatable bonds is 17. The van der Waals surface area contributed by atoms with Crippen LogP contribution in [0.4, 0.5) is 0 Å². The van der Waals surface area contributed by atoms with Crippen molar-refractivity contribution in [1.82, 2.24) is 42.2 Å². The van der Waals surface area contributed by atoms with Crippen LogP contribution >= 0.6 is 21.6 Å². The summed E-state index contributed by atoms with van der Waals surface area (Å²) in [6.45, 7) is 3.52. The zero-order valence-electron chi connectivity index (χ0n) is 46.6. The predicted octanol–water partition coefficient (Wildman–Crippen LogP) is 3.45. The lowest BCUT2D eigenvalue weighted by Gasteiger charge is -2.29. The average Bonchev–Trinajstić information content (AvgIpc) is 4.10. The molecule has 8 rings (SSSR count). The van der Waals surface area contributed by atoms with Crippen LogP contribution in [0.15, 0.2) is 140 Å². The maximum absolute atomic E-state index is 14.9. The average molecular weight is 1180 g/mol. The molecule has 3 unspecified atom stereocenters. The van der Waals surface area contributed by atoms with Crippen molar-refractivity contribution in [2.45, 2.75) is 101 Å². The van der Waals surface area contributed by atoms with Gasteiger partial charge in [-0.25, -0.2) is 0 Å². The van der Waals surface area contributed by atoms with Gasteiger partial charge in [-0.05, 0) is 93.7 Å². The molecule has 1 aliphatic heterocycles. The van der Waals surface area contributed by atoms with Gasteiger partial charge >= 0.3 is 0 Å². The Bertz CT molecular complexity index is 3510. The monoisotopic (exact) mass is 1180 g/mol. The van der Waals surface area contributed by atoms with E-state index in [2.05, 4.69) is 42.2 Å². The summed E-state index contributed by atoms with van der Waals surface area (Å²) in [6, 6.07) is 29.6. The first kappa shape index (κ1) is 61.6. The minimum absolute atomic E-state index is 0.0168. The number of carbonyl (C=O) groups is 8. The van der Waals surface area contributed by atoms with Crippen molar-refractivity contribution >= 4 is 101 Å². The van der Waals surface area contributed by atoms with Crippen LogP contribution in [0, 0.1) is 5.92 Å². The van der Waals surface area contributed by atoms with Crippen molar-refractivity contribution in [3.8, 4) is 5.75 Å². The Morgan fingerprint density at radius 3 is 1.83 bits per heavy atom. The summed E-state index contributed by atoms with van der Waals surface area (Å²) in [5, 5.41) is 34.4. The molecular formula is C62H71N11O9S2. The Hall–Kier alpha value is -8.44. The van der Waals surface area contributed by atoms with Gasteiger partial charge in [-0.2, -0.15) is 0 Å². The highest BCUT2D eigenvalue weighted by atomic mass is 33.1. The van der Waals surface area contributed by atoms with Crippen molar-refractivity contribution in [1.29, 1.82) is 0 Å². The van der Waals surface area contributed by atoms with Crippen LogP contribution in [0.25, 0.3) is 32.4 Å². The molecule has 6 aromatic carbocycles. The second-order valence-electron chi connectivity index (χ2n) is 21.3. The molecule has 0 bridgehead atoms. The fourth-order valence-corrected chi connectivity index (χ4v) is 12.3. The lowest BCUT2D eigenvalue weighted by atomic mass is 10.00. The zero-order chi connectivity index (χ0) is 59.9. The van der Waals surface area contributed by atoms with E-state index in [1.54, 1.807) is 32.2 Å². The van der Waals surface area contributed by atoms with Gasteiger partial charge in [0, 0.05) is 47.9 Å². The second kappa shape index (κ2) is 29.2. The number of para-hydroxylation sites is 1. The van der Waals surface area contributed by atoms with Crippen LogP contribution in [0.5, 0.6) is 5.75 Å². The van der Waals surface area contributed by atoms with E-state index < -0.39 is 102 Å². The van der Waals surface area contributed by atoms with Gasteiger partial charge in [0.25, 0.3) is 0 Å². The number of hydrogen-bond donors (Lipinski definition) is 12. The minimum Gasteiger partial charge on any atom is -0.508 e. The summed E-state index contributed by atoms with van der Waals surface area (Å²) < 4.78 is 0. The Labute approximate surface area is 494 Å². The third kappa shape index (κ3) is 16.6. The van der Waals surface area contributed by atoms with Crippen LogP contribution in [0.2, 0.25) is 0 Å². The first-order valence-electron chi connectivity index (χ1n) is 27.8. The maximum atomic E-state index is 14.9. The van der Waals surface area contributed by atoms with Crippen molar-refractivity contribution < 1.29 is 43.5 Å². The molecular weight excluding hydrogens is 1110 g/mol. The molecule has 1 aliphatic rings. The number of benzene rings is 6. The number of primary amides is 1. The first-order valence-corrected chi connectivity index (χ1v) is 30.3. The summed E-state index contributed by atoms with van der Waals surface area (Å²) in [5.74, 6) is -7.15. The number of carbonyl (C=O) groups excluding carboxylic acids is 8. The molecule has 8 atom stereocenters. The largest absolute Gasteiger partial charge is 0.508 e. The molecule has 0 saturated carbocycles. The predicted molar refractivity (Wildman–Crippen MR) is 328 cm³/mol. The van der Waals surface area contributed by atoms with E-state index in [-0.39, 0.29) is 62.3 Å². The lowest BCUT2D eigenvalue weighted by Crippen LogP contribution is -2.61. The smallest absolute Gasteiger partial charge is 0.244 e. The quantitative estimate of drug-likeness (QED) is 0.0583. The zero-order valence-corrected chi connectivity index (χ0v) is 48.2. The highest BCUT2D eigenvalue weighted by Crippen LogP contribution is 2.26. The van der Waals surface area contributed by atoms with E-state index in [1.165, 1.54) is 12.1 Å². The van der Waals surface area contributed by atoms with Crippen LogP contribution in [-0.4, -0.2) is 124 Å². The topological polar surface area (TPSA) is 335 Å². The maximum Gasteiger partial charge on any atom is 0.244 e. The number of fused-ring (bicyclic) bond motifs is 3. The number of phenolic OH excluding ortho intramolecular Hbond substituents is 1. The fourth-order valence-electron chi connectivity index (χ4n) is 9.95. The highest BCUT2D eigenvalue weighted by Gasteiger charge is 2.36. The summed E-state index contributed by atoms with van der Waals surface area (Å²) >= 11 is 0. The standard InChI is InChI=1S/C62H71N11O9S2/c1-35(2)54-62(82)72-53(60(80)68-49(55(65)75)30-38-18-22-40-11-4-6-13-42(40)27-38)34-84-83-33-52(71-56(76)46(64)28-37-17-21-39-10-3-5-12-41(39)26-37)61(81)69-50(29-36-19-23-44(74)24-20-36)58(78)70-51(31-43-32-66-47-15-8-7-14-45(43)47)59(79)67-48(16-9-25-63)57(77)73-54/h3-8,10-15,17-24,26-27,32,35,46,48-54,66,74H,9,16,25,28-31,33-34,63-64H2,1-2H3,(H2,65,75)(H,67,79)(H,68,80)(H,69,81)(H,70,78)(H,71,76)(H,72,82)(H,73,77)/t46-,48?,49-,50+,51+,52?,53+,54?/m1/s1. The highest BCUT2D eigenvalue weighted by molar-refractivity contribution is 8.76. The number of aromatic hydroxyl groups is 1. The molecule has 1 saturated heterocycles. The van der Waals surface area contributed by atoms with Crippen LogP contribution in [-0.2, 0) is 64.0 Å². The molecule has 84 heavy (non-hydrogen) atoms. The van der Waals surface area contributed by atoms with Gasteiger partial charge in [0.05, 0.1) is 6.04 Å². The number of nitrogens with one attached hydrogen (secondary N) is 8. The van der Waals surface area contributed by atoms with Gasteiger partial charge in [0.2, 0.25) is 47.3 Å². The molecule has 20 nitrogen and oxygen atoms in total. The molecule has 22 heteroatoms. The third-order valence-electron chi connectivity index (χ3n) is 14.7. The third-order valence-corrected chi connectivity index (χ3v) is 17.1. The molecule has 8 amide bonds. The number of nitrogens with two attached hydrogens (primary N) is 3. The molecule has 7 aromatic rings. The summed E-state index contributed by atoms with van der Waals surface area (Å²) in [7, 11) is 2.13. The Morgan fingerprint density at radius 1 is 0.631 bits per heavy atom. The van der Waals surface area contributed by atoms with E-state index in [1.807, 2.05) is 109 Å². The van der Waals surface area contributed by atoms with Crippen molar-refractivity contribution in [2.24, 2.45) is 23.1 Å². The van der Waals surface area contributed by atoms with Gasteiger partial charge in [0.1, 0.15) is 48.0 Å². The van der Waals surface area contributed by atoms with Gasteiger partial charge in [-0.3, -0.25) is 38.4 Å². The van der Waals surface area contributed by atoms with Crippen molar-refractivity contribution in [2.75, 3.05) is 18.1 Å². The SMILES string of the molecule is CC(C)C1NC(=O)C(CCCN)NC(=O)[C@H](Cc2c[nH]c3ccccc23)NC(=O)[C@H](Cc2ccc(O)cc2)NC(=O)C(NC(=O)[C@H](N)Cc2ccc3ccccc3c2)CSSC[C@@H](C(=O)N[C@H](Cc2ccc3ccccc3c2)C(N)=O)NC1=O. The number of aromatic nitrogens is 1. The van der Waals surface area contributed by atoms with Gasteiger partial charge in [-0.1, -0.05) is 151 Å². The van der Waals surface area contributed by atoms with Crippen LogP contribution in [0.1, 0.15) is 48.9 Å². The van der Waals surface area contributed by atoms with E-state index in [0.717, 1.165) is 59.6 Å². The molecule has 15 N–H and O–H groups in total. The number of aromatic amines is 1. The Balaban J connectivity index is 1.14. The number of H-pyrrole nitrogens is 1. The van der Waals surface area contributed by atoms with Crippen molar-refractivity contribution in [3.63, 3.8) is 0 Å². The summed E-state index contributed by atoms with van der Waals surface area (Å²) in [4.78, 5) is 119. The normalized spacial score (nSPS) is 20.4. The van der Waals surface area contributed by atoms with E-state index in [0.29, 0.717) is 16.7 Å². The van der Waals surface area contributed by atoms with E-state index in [4.69, 9.17) is 17.2 Å². The van der Waals surface area contributed by atoms with Crippen molar-refractivity contribution in [3.05, 3.63) is 162 Å². The van der Waals surface area contributed by atoms with E-state index in [9.17, 15) is 43.5 Å². The lowest BCUT2D eigenvalue weighted by molar-refractivity contribution is -0.136. The Morgan fingerprint density at radius 2 is 1.19 bits per heavy atom. The molecule has 2 heterocycles. The molecule has 0 radical (unpaired) electrons. The minimum atomic E-state index is -1.41. The number of hydrogen-bond acceptors (Lipinski definition) is 13. The molecule has 0 aliphatic carbocycles. The number of amides is 8. The number of phenols is 1. The molecule has 1 fully saturated rings. The molecule has 1 aromatic heterocycles. The van der Waals surface area contributed by atoms with E-state index >= 15 is 0 Å².